The van der Waals surface area contributed by atoms with Crippen molar-refractivity contribution in [1.82, 2.24) is 14.5 Å². The van der Waals surface area contributed by atoms with Crippen LogP contribution in [-0.2, 0) is 7.05 Å². The number of hydrogen-bond acceptors (Lipinski definition) is 5. The SMILES string of the molecule is Cn1ccnc1SCC1CCN(C(=O)c2ccc3c(c2)OCO3)CC1. The highest BCUT2D eigenvalue weighted by molar-refractivity contribution is 7.99. The van der Waals surface area contributed by atoms with E-state index in [1.807, 2.05) is 41.0 Å². The van der Waals surface area contributed by atoms with Crippen molar-refractivity contribution in [3.8, 4) is 11.5 Å². The minimum absolute atomic E-state index is 0.0773. The molecule has 7 heteroatoms. The second-order valence-corrected chi connectivity index (χ2v) is 7.42. The lowest BCUT2D eigenvalue weighted by molar-refractivity contribution is 0.0698. The standard InChI is InChI=1S/C18H21N3O3S/c1-20-9-6-19-18(20)25-11-13-4-7-21(8-5-13)17(22)14-2-3-15-16(10-14)24-12-23-15/h2-3,6,9-10,13H,4-5,7-8,11-12H2,1H3. The molecule has 6 nitrogen and oxygen atoms in total. The molecule has 0 aliphatic carbocycles. The minimum atomic E-state index is 0.0773. The Hall–Kier alpha value is -2.15. The highest BCUT2D eigenvalue weighted by Crippen LogP contribution is 2.33. The number of likely N-dealkylation sites (tertiary alicyclic amines) is 1. The number of carbonyl (C=O) groups excluding carboxylic acids is 1. The van der Waals surface area contributed by atoms with Crippen LogP contribution in [0.4, 0.5) is 0 Å². The number of nitrogens with zero attached hydrogens (tertiary/aromatic N) is 3. The zero-order valence-electron chi connectivity index (χ0n) is 14.2. The van der Waals surface area contributed by atoms with Crippen LogP contribution in [0, 0.1) is 5.92 Å². The van der Waals surface area contributed by atoms with Gasteiger partial charge in [0.25, 0.3) is 5.91 Å². The Morgan fingerprint density at radius 1 is 1.28 bits per heavy atom. The molecule has 0 bridgehead atoms. The quantitative estimate of drug-likeness (QED) is 0.786. The first-order chi connectivity index (χ1) is 12.2. The second-order valence-electron chi connectivity index (χ2n) is 6.44. The number of fused-ring (bicyclic) bond motifs is 1. The number of thioether (sulfide) groups is 1. The van der Waals surface area contributed by atoms with Crippen LogP contribution in [0.25, 0.3) is 0 Å². The van der Waals surface area contributed by atoms with E-state index in [9.17, 15) is 4.79 Å². The third-order valence-corrected chi connectivity index (χ3v) is 6.04. The molecular formula is C18H21N3O3S. The fraction of sp³-hybridized carbons (Fsp3) is 0.444. The van der Waals surface area contributed by atoms with Gasteiger partial charge in [-0.2, -0.15) is 0 Å². The van der Waals surface area contributed by atoms with E-state index in [0.29, 0.717) is 23.0 Å². The van der Waals surface area contributed by atoms with Crippen molar-refractivity contribution in [2.75, 3.05) is 25.6 Å². The van der Waals surface area contributed by atoms with Gasteiger partial charge in [0.1, 0.15) is 0 Å². The van der Waals surface area contributed by atoms with Gasteiger partial charge in [0.2, 0.25) is 6.79 Å². The fourth-order valence-electron chi connectivity index (χ4n) is 3.20. The highest BCUT2D eigenvalue weighted by atomic mass is 32.2. The van der Waals surface area contributed by atoms with Gasteiger partial charge >= 0.3 is 0 Å². The molecule has 0 radical (unpaired) electrons. The number of hydrogen-bond donors (Lipinski definition) is 0. The molecule has 1 aromatic heterocycles. The maximum absolute atomic E-state index is 12.7. The summed E-state index contributed by atoms with van der Waals surface area (Å²) in [6.07, 6.45) is 5.87. The lowest BCUT2D eigenvalue weighted by Crippen LogP contribution is -2.39. The molecule has 3 heterocycles. The molecule has 0 N–H and O–H groups in total. The number of aromatic nitrogens is 2. The van der Waals surface area contributed by atoms with Gasteiger partial charge in [-0.25, -0.2) is 4.98 Å². The summed E-state index contributed by atoms with van der Waals surface area (Å²) < 4.78 is 12.7. The topological polar surface area (TPSA) is 56.6 Å². The summed E-state index contributed by atoms with van der Waals surface area (Å²) in [5.41, 5.74) is 0.671. The third-order valence-electron chi connectivity index (χ3n) is 4.75. The van der Waals surface area contributed by atoms with Gasteiger partial charge in [-0.3, -0.25) is 4.79 Å². The van der Waals surface area contributed by atoms with Crippen molar-refractivity contribution in [2.45, 2.75) is 18.0 Å². The van der Waals surface area contributed by atoms with Crippen molar-refractivity contribution in [3.63, 3.8) is 0 Å². The lowest BCUT2D eigenvalue weighted by Gasteiger charge is -2.32. The second kappa shape index (κ2) is 7.00. The first-order valence-corrected chi connectivity index (χ1v) is 9.48. The smallest absolute Gasteiger partial charge is 0.253 e. The average Bonchev–Trinajstić information content (AvgIpc) is 3.27. The first kappa shape index (κ1) is 16.3. The molecule has 0 saturated carbocycles. The number of aryl methyl sites for hydroxylation is 1. The van der Waals surface area contributed by atoms with E-state index < -0.39 is 0 Å². The van der Waals surface area contributed by atoms with Crippen molar-refractivity contribution in [2.24, 2.45) is 13.0 Å². The van der Waals surface area contributed by atoms with Crippen LogP contribution in [-0.4, -0.2) is 46.0 Å². The van der Waals surface area contributed by atoms with Crippen molar-refractivity contribution in [1.29, 1.82) is 0 Å². The predicted octanol–water partition coefficient (Wildman–Crippen LogP) is 2.79. The number of ether oxygens (including phenoxy) is 2. The van der Waals surface area contributed by atoms with Crippen molar-refractivity contribution < 1.29 is 14.3 Å². The van der Waals surface area contributed by atoms with E-state index in [4.69, 9.17) is 9.47 Å². The maximum atomic E-state index is 12.7. The van der Waals surface area contributed by atoms with Gasteiger partial charge < -0.3 is 18.9 Å². The van der Waals surface area contributed by atoms with Crippen LogP contribution in [0.5, 0.6) is 11.5 Å². The molecule has 132 valence electrons. The van der Waals surface area contributed by atoms with Crippen LogP contribution in [0.3, 0.4) is 0 Å². The Kier molecular flexibility index (Phi) is 4.57. The molecule has 1 amide bonds. The molecule has 2 aliphatic rings. The Bertz CT molecular complexity index is 769. The van der Waals surface area contributed by atoms with Crippen LogP contribution in [0.15, 0.2) is 35.7 Å². The van der Waals surface area contributed by atoms with E-state index >= 15 is 0 Å². The van der Waals surface area contributed by atoms with Gasteiger partial charge in [-0.15, -0.1) is 0 Å². The Labute approximate surface area is 151 Å². The zero-order valence-corrected chi connectivity index (χ0v) is 15.0. The molecule has 4 rings (SSSR count). The largest absolute Gasteiger partial charge is 0.454 e. The first-order valence-electron chi connectivity index (χ1n) is 8.50. The summed E-state index contributed by atoms with van der Waals surface area (Å²) in [4.78, 5) is 19.0. The van der Waals surface area contributed by atoms with Crippen LogP contribution in [0.1, 0.15) is 23.2 Å². The lowest BCUT2D eigenvalue weighted by atomic mass is 9.98. The van der Waals surface area contributed by atoms with Gasteiger partial charge in [0.15, 0.2) is 16.7 Å². The normalized spacial score (nSPS) is 17.1. The fourth-order valence-corrected chi connectivity index (χ4v) is 4.32. The van der Waals surface area contributed by atoms with Crippen LogP contribution >= 0.6 is 11.8 Å². The summed E-state index contributed by atoms with van der Waals surface area (Å²) in [5, 5.41) is 1.05. The monoisotopic (exact) mass is 359 g/mol. The van der Waals surface area contributed by atoms with Crippen LogP contribution in [0.2, 0.25) is 0 Å². The molecular weight excluding hydrogens is 338 g/mol. The van der Waals surface area contributed by atoms with E-state index in [1.54, 1.807) is 17.8 Å². The Morgan fingerprint density at radius 2 is 2.08 bits per heavy atom. The number of rotatable bonds is 4. The van der Waals surface area contributed by atoms with E-state index in [0.717, 1.165) is 36.8 Å². The summed E-state index contributed by atoms with van der Waals surface area (Å²) in [7, 11) is 2.02. The van der Waals surface area contributed by atoms with Crippen LogP contribution < -0.4 is 9.47 Å². The van der Waals surface area contributed by atoms with E-state index in [1.165, 1.54) is 0 Å². The number of amides is 1. The minimum Gasteiger partial charge on any atom is -0.454 e. The molecule has 1 saturated heterocycles. The van der Waals surface area contributed by atoms with E-state index in [2.05, 4.69) is 4.98 Å². The summed E-state index contributed by atoms with van der Waals surface area (Å²) >= 11 is 1.80. The molecule has 1 fully saturated rings. The number of imidazole rings is 1. The van der Waals surface area contributed by atoms with Crippen molar-refractivity contribution >= 4 is 17.7 Å². The van der Waals surface area contributed by atoms with E-state index in [-0.39, 0.29) is 12.7 Å². The predicted molar refractivity (Wildman–Crippen MR) is 95.1 cm³/mol. The molecule has 0 spiro atoms. The third kappa shape index (κ3) is 3.46. The summed E-state index contributed by atoms with van der Waals surface area (Å²) in [5.74, 6) is 3.13. The number of piperidine rings is 1. The molecule has 1 aromatic carbocycles. The average molecular weight is 359 g/mol. The van der Waals surface area contributed by atoms with Gasteiger partial charge in [0, 0.05) is 43.8 Å². The molecule has 2 aliphatic heterocycles. The molecule has 0 unspecified atom stereocenters. The van der Waals surface area contributed by atoms with Crippen molar-refractivity contribution in [3.05, 3.63) is 36.2 Å². The number of benzene rings is 1. The maximum Gasteiger partial charge on any atom is 0.253 e. The molecule has 25 heavy (non-hydrogen) atoms. The Balaban J connectivity index is 1.31. The van der Waals surface area contributed by atoms with Gasteiger partial charge in [-0.05, 0) is 37.0 Å². The summed E-state index contributed by atoms with van der Waals surface area (Å²) in [6.45, 7) is 1.84. The van der Waals surface area contributed by atoms with Gasteiger partial charge in [-0.1, -0.05) is 11.8 Å². The Morgan fingerprint density at radius 3 is 2.84 bits per heavy atom. The highest BCUT2D eigenvalue weighted by Gasteiger charge is 2.25. The van der Waals surface area contributed by atoms with Gasteiger partial charge in [0.05, 0.1) is 0 Å². The summed E-state index contributed by atoms with van der Waals surface area (Å²) in [6, 6.07) is 5.42. The molecule has 2 aromatic rings. The number of carbonyl (C=O) groups is 1. The molecule has 0 atom stereocenters. The zero-order chi connectivity index (χ0) is 17.2.